The molecule has 0 radical (unpaired) electrons. The fraction of sp³-hybridized carbons (Fsp3) is 0.381. The van der Waals surface area contributed by atoms with E-state index < -0.39 is 10.0 Å². The molecule has 1 aliphatic carbocycles. The number of nitrogens with zero attached hydrogens (tertiary/aromatic N) is 1. The highest BCUT2D eigenvalue weighted by molar-refractivity contribution is 7.92. The molecule has 0 bridgehead atoms. The van der Waals surface area contributed by atoms with E-state index in [0.717, 1.165) is 29.0 Å². The van der Waals surface area contributed by atoms with Crippen molar-refractivity contribution in [2.45, 2.75) is 38.6 Å². The van der Waals surface area contributed by atoms with Crippen LogP contribution >= 0.6 is 11.6 Å². The summed E-state index contributed by atoms with van der Waals surface area (Å²) in [6.45, 7) is 1.95. The Labute approximate surface area is 171 Å². The molecule has 0 spiro atoms. The third kappa shape index (κ3) is 4.50. The van der Waals surface area contributed by atoms with Gasteiger partial charge in [0.2, 0.25) is 10.0 Å². The van der Waals surface area contributed by atoms with Crippen LogP contribution in [0.3, 0.4) is 0 Å². The van der Waals surface area contributed by atoms with Crippen LogP contribution in [-0.4, -0.2) is 27.6 Å². The van der Waals surface area contributed by atoms with E-state index in [0.29, 0.717) is 11.3 Å². The lowest BCUT2D eigenvalue weighted by atomic mass is 9.89. The Morgan fingerprint density at radius 1 is 1.11 bits per heavy atom. The van der Waals surface area contributed by atoms with Gasteiger partial charge in [-0.1, -0.05) is 29.8 Å². The highest BCUT2D eigenvalue weighted by Crippen LogP contribution is 2.27. The van der Waals surface area contributed by atoms with Crippen molar-refractivity contribution in [3.05, 3.63) is 63.7 Å². The van der Waals surface area contributed by atoms with E-state index in [-0.39, 0.29) is 17.0 Å². The van der Waals surface area contributed by atoms with Crippen LogP contribution in [0.25, 0.3) is 0 Å². The maximum absolute atomic E-state index is 12.7. The van der Waals surface area contributed by atoms with Crippen molar-refractivity contribution in [2.24, 2.45) is 0 Å². The molecule has 3 rings (SSSR count). The molecular formula is C21H25ClN2O3S. The predicted octanol–water partition coefficient (Wildman–Crippen LogP) is 4.11. The van der Waals surface area contributed by atoms with Crippen molar-refractivity contribution >= 4 is 33.2 Å². The number of carbonyl (C=O) groups excluding carboxylic acids is 1. The molecule has 1 amide bonds. The number of anilines is 1. The Balaban J connectivity index is 1.75. The zero-order valence-electron chi connectivity index (χ0n) is 16.3. The van der Waals surface area contributed by atoms with Crippen molar-refractivity contribution in [1.29, 1.82) is 0 Å². The molecule has 0 heterocycles. The molecule has 0 saturated heterocycles. The molecule has 0 aliphatic heterocycles. The molecule has 5 nitrogen and oxygen atoms in total. The largest absolute Gasteiger partial charge is 0.345 e. The van der Waals surface area contributed by atoms with Gasteiger partial charge in [0.05, 0.1) is 28.6 Å². The van der Waals surface area contributed by atoms with Gasteiger partial charge < -0.3 is 5.32 Å². The topological polar surface area (TPSA) is 66.5 Å². The highest BCUT2D eigenvalue weighted by atomic mass is 35.5. The number of sulfonamides is 1. The summed E-state index contributed by atoms with van der Waals surface area (Å²) in [6.07, 6.45) is 5.77. The van der Waals surface area contributed by atoms with Crippen molar-refractivity contribution in [2.75, 3.05) is 17.6 Å². The van der Waals surface area contributed by atoms with Crippen LogP contribution in [0.1, 0.15) is 52.9 Å². The lowest BCUT2D eigenvalue weighted by Crippen LogP contribution is -2.28. The minimum absolute atomic E-state index is 0.158. The number of carbonyl (C=O) groups is 1. The quantitative estimate of drug-likeness (QED) is 0.791. The summed E-state index contributed by atoms with van der Waals surface area (Å²) in [7, 11) is -1.95. The Hall–Kier alpha value is -2.05. The molecule has 28 heavy (non-hydrogen) atoms. The van der Waals surface area contributed by atoms with Crippen molar-refractivity contribution < 1.29 is 13.2 Å². The average molecular weight is 421 g/mol. The van der Waals surface area contributed by atoms with Gasteiger partial charge in [-0.3, -0.25) is 9.10 Å². The third-order valence-electron chi connectivity index (χ3n) is 5.28. The molecule has 2 aromatic carbocycles. The number of hydrogen-bond acceptors (Lipinski definition) is 3. The van der Waals surface area contributed by atoms with Crippen LogP contribution in [-0.2, 0) is 22.9 Å². The van der Waals surface area contributed by atoms with E-state index in [9.17, 15) is 13.2 Å². The van der Waals surface area contributed by atoms with E-state index in [1.807, 2.05) is 6.92 Å². The number of benzene rings is 2. The predicted molar refractivity (Wildman–Crippen MR) is 114 cm³/mol. The number of amides is 1. The van der Waals surface area contributed by atoms with Gasteiger partial charge in [-0.05, 0) is 67.5 Å². The van der Waals surface area contributed by atoms with Crippen LogP contribution < -0.4 is 9.62 Å². The number of fused-ring (bicyclic) bond motifs is 1. The van der Waals surface area contributed by atoms with Gasteiger partial charge in [0.25, 0.3) is 5.91 Å². The monoisotopic (exact) mass is 420 g/mol. The lowest BCUT2D eigenvalue weighted by Gasteiger charge is -2.21. The number of hydrogen-bond donors (Lipinski definition) is 1. The standard InChI is InChI=1S/C21H25ClN2O3S/c1-14(16-9-8-15-6-4-5-7-17(15)12-16)23-21(25)19-11-10-18(13-20(19)22)24(2)28(3,26)27/h8-14H,4-7H2,1-3H3,(H,23,25)/t14-/m1/s1. The van der Waals surface area contributed by atoms with Crippen LogP contribution in [0, 0.1) is 0 Å². The van der Waals surface area contributed by atoms with Gasteiger partial charge >= 0.3 is 0 Å². The second-order valence-electron chi connectivity index (χ2n) is 7.33. The van der Waals surface area contributed by atoms with Crippen molar-refractivity contribution in [3.8, 4) is 0 Å². The van der Waals surface area contributed by atoms with Gasteiger partial charge in [0, 0.05) is 7.05 Å². The molecule has 0 unspecified atom stereocenters. The van der Waals surface area contributed by atoms with E-state index in [1.54, 1.807) is 12.1 Å². The number of aryl methyl sites for hydroxylation is 2. The van der Waals surface area contributed by atoms with Gasteiger partial charge in [0.1, 0.15) is 0 Å². The first kappa shape index (κ1) is 20.7. The molecule has 1 N–H and O–H groups in total. The summed E-state index contributed by atoms with van der Waals surface area (Å²) in [5.41, 5.74) is 4.57. The van der Waals surface area contributed by atoms with E-state index in [1.165, 1.54) is 37.1 Å². The summed E-state index contributed by atoms with van der Waals surface area (Å²) in [6, 6.07) is 10.9. The summed E-state index contributed by atoms with van der Waals surface area (Å²) < 4.78 is 24.5. The second kappa shape index (κ2) is 8.13. The summed E-state index contributed by atoms with van der Waals surface area (Å²) in [5.74, 6) is -0.288. The minimum atomic E-state index is -3.39. The molecule has 0 fully saturated rings. The van der Waals surface area contributed by atoms with Crippen molar-refractivity contribution in [3.63, 3.8) is 0 Å². The zero-order chi connectivity index (χ0) is 20.5. The zero-order valence-corrected chi connectivity index (χ0v) is 17.9. The Kier molecular flexibility index (Phi) is 6.01. The first-order chi connectivity index (χ1) is 13.2. The molecule has 0 saturated carbocycles. The SMILES string of the molecule is C[C@@H](NC(=O)c1ccc(N(C)S(C)(=O)=O)cc1Cl)c1ccc2c(c1)CCCC2. The number of rotatable bonds is 5. The summed E-state index contributed by atoms with van der Waals surface area (Å²) >= 11 is 6.26. The first-order valence-corrected chi connectivity index (χ1v) is 11.6. The van der Waals surface area contributed by atoms with Crippen molar-refractivity contribution in [1.82, 2.24) is 5.32 Å². The second-order valence-corrected chi connectivity index (χ2v) is 9.75. The normalized spacial score (nSPS) is 14.9. The van der Waals surface area contributed by atoms with Gasteiger partial charge in [-0.15, -0.1) is 0 Å². The lowest BCUT2D eigenvalue weighted by molar-refractivity contribution is 0.0940. The smallest absolute Gasteiger partial charge is 0.253 e. The van der Waals surface area contributed by atoms with Crippen LogP contribution in [0.15, 0.2) is 36.4 Å². The Morgan fingerprint density at radius 2 is 1.79 bits per heavy atom. The Morgan fingerprint density at radius 3 is 2.43 bits per heavy atom. The van der Waals surface area contributed by atoms with E-state index in [2.05, 4.69) is 23.5 Å². The van der Waals surface area contributed by atoms with E-state index >= 15 is 0 Å². The van der Waals surface area contributed by atoms with Crippen LogP contribution in [0.5, 0.6) is 0 Å². The maximum atomic E-state index is 12.7. The van der Waals surface area contributed by atoms with Gasteiger partial charge in [-0.25, -0.2) is 8.42 Å². The molecule has 2 aromatic rings. The molecular weight excluding hydrogens is 396 g/mol. The third-order valence-corrected chi connectivity index (χ3v) is 6.80. The van der Waals surface area contributed by atoms with E-state index in [4.69, 9.17) is 11.6 Å². The number of halogens is 1. The Bertz CT molecular complexity index is 1000. The average Bonchev–Trinajstić information content (AvgIpc) is 2.66. The molecule has 7 heteroatoms. The maximum Gasteiger partial charge on any atom is 0.253 e. The van der Waals surface area contributed by atoms with Crippen LogP contribution in [0.4, 0.5) is 5.69 Å². The minimum Gasteiger partial charge on any atom is -0.345 e. The summed E-state index contributed by atoms with van der Waals surface area (Å²) in [4.78, 5) is 12.7. The van der Waals surface area contributed by atoms with Gasteiger partial charge in [-0.2, -0.15) is 0 Å². The molecule has 0 aromatic heterocycles. The molecule has 150 valence electrons. The van der Waals surface area contributed by atoms with Gasteiger partial charge in [0.15, 0.2) is 0 Å². The molecule has 1 atom stereocenters. The summed E-state index contributed by atoms with van der Waals surface area (Å²) in [5, 5.41) is 3.20. The fourth-order valence-electron chi connectivity index (χ4n) is 3.46. The van der Waals surface area contributed by atoms with Crippen LogP contribution in [0.2, 0.25) is 5.02 Å². The number of nitrogens with one attached hydrogen (secondary N) is 1. The highest BCUT2D eigenvalue weighted by Gasteiger charge is 2.19. The first-order valence-electron chi connectivity index (χ1n) is 9.33. The fourth-order valence-corrected chi connectivity index (χ4v) is 4.21. The molecule has 1 aliphatic rings.